The average Bonchev–Trinajstić information content (AvgIpc) is 2.85. The van der Waals surface area contributed by atoms with Gasteiger partial charge in [-0.15, -0.1) is 0 Å². The molecule has 0 unspecified atom stereocenters. The van der Waals surface area contributed by atoms with Gasteiger partial charge in [0, 0.05) is 13.1 Å². The highest BCUT2D eigenvalue weighted by Crippen LogP contribution is 2.30. The van der Waals surface area contributed by atoms with Crippen molar-refractivity contribution in [3.8, 4) is 0 Å². The number of esters is 5. The minimum Gasteiger partial charge on any atom is -0.459 e. The summed E-state index contributed by atoms with van der Waals surface area (Å²) in [4.78, 5) is 70.3. The molecule has 1 aromatic carbocycles. The maximum absolute atomic E-state index is 13.3. The summed E-state index contributed by atoms with van der Waals surface area (Å²) >= 11 is 0. The molecule has 13 heteroatoms. The summed E-state index contributed by atoms with van der Waals surface area (Å²) in [6, 6.07) is 6.99. The fraction of sp³-hybridized carbons (Fsp3) is 0.711. The molecule has 51 heavy (non-hydrogen) atoms. The lowest BCUT2D eigenvalue weighted by molar-refractivity contribution is -0.160. The normalized spacial score (nSPS) is 12.5. The third-order valence-electron chi connectivity index (χ3n) is 6.01. The first-order valence-corrected chi connectivity index (χ1v) is 17.3. The largest absolute Gasteiger partial charge is 0.459 e. The fourth-order valence-electron chi connectivity index (χ4n) is 4.69. The van der Waals surface area contributed by atoms with E-state index in [-0.39, 0.29) is 45.8 Å². The third kappa shape index (κ3) is 21.2. The molecule has 0 aliphatic rings. The van der Waals surface area contributed by atoms with E-state index in [2.05, 4.69) is 0 Å². The summed E-state index contributed by atoms with van der Waals surface area (Å²) in [6.45, 7) is 25.3. The number of carbonyl (C=O) groups is 5. The van der Waals surface area contributed by atoms with Gasteiger partial charge in [0.1, 0.15) is 47.6 Å². The van der Waals surface area contributed by atoms with Gasteiger partial charge < -0.3 is 33.5 Å². The van der Waals surface area contributed by atoms with Crippen LogP contribution in [0.4, 0.5) is 11.4 Å². The zero-order valence-electron chi connectivity index (χ0n) is 33.7. The number of anilines is 2. The molecule has 290 valence electrons. The van der Waals surface area contributed by atoms with E-state index < -0.39 is 57.9 Å². The quantitative estimate of drug-likeness (QED) is 0.171. The van der Waals surface area contributed by atoms with Gasteiger partial charge in [0.05, 0.1) is 24.5 Å². The van der Waals surface area contributed by atoms with Crippen LogP contribution in [0.1, 0.15) is 104 Å². The molecule has 1 aromatic rings. The lowest BCUT2D eigenvalue weighted by Crippen LogP contribution is -2.45. The molecule has 0 saturated carbocycles. The van der Waals surface area contributed by atoms with E-state index in [0.717, 1.165) is 0 Å². The Kier molecular flexibility index (Phi) is 16.0. The fourth-order valence-corrected chi connectivity index (χ4v) is 4.69. The molecule has 0 heterocycles. The second-order valence-electron chi connectivity index (χ2n) is 17.4. The van der Waals surface area contributed by atoms with E-state index in [0.29, 0.717) is 11.4 Å². The number of nitrogens with zero attached hydrogens (tertiary/aromatic N) is 3. The Morgan fingerprint density at radius 2 is 0.667 bits per heavy atom. The monoisotopic (exact) mass is 721 g/mol. The first-order chi connectivity index (χ1) is 22.9. The minimum atomic E-state index is -0.777. The average molecular weight is 722 g/mol. The smallest absolute Gasteiger partial charge is 0.326 e. The molecule has 1 rings (SSSR count). The molecule has 0 spiro atoms. The van der Waals surface area contributed by atoms with E-state index in [4.69, 9.17) is 23.7 Å². The van der Waals surface area contributed by atoms with Crippen molar-refractivity contribution >= 4 is 41.2 Å². The van der Waals surface area contributed by atoms with Crippen LogP contribution in [0, 0.1) is 0 Å². The standard InChI is InChI=1S/C38H63N3O10/c1-34(2,3)47-29(42)22-39(23-30(43)48-35(4,5)6)20-21-40(24-31(44)49-36(7,8)9)27-18-16-17-19-28(27)41(25-32(45)50-37(10,11)12)26-33(46)51-38(13,14)15/h16-19H,20-26H2,1-15H3. The van der Waals surface area contributed by atoms with Crippen LogP contribution in [-0.2, 0) is 47.7 Å². The minimum absolute atomic E-state index is 0.119. The number of benzene rings is 1. The summed E-state index contributed by atoms with van der Waals surface area (Å²) in [5.74, 6) is -2.74. The summed E-state index contributed by atoms with van der Waals surface area (Å²) in [5, 5.41) is 0. The number of hydrogen-bond acceptors (Lipinski definition) is 13. The molecule has 13 nitrogen and oxygen atoms in total. The molecule has 0 atom stereocenters. The zero-order chi connectivity index (χ0) is 39.6. The molecular weight excluding hydrogens is 658 g/mol. The number of para-hydroxylation sites is 2. The molecule has 0 aliphatic carbocycles. The van der Waals surface area contributed by atoms with Gasteiger partial charge in [-0.05, 0) is 116 Å². The SMILES string of the molecule is CC(C)(C)OC(=O)CN(CCN(CC(=O)OC(C)(C)C)c1ccccc1N(CC(=O)OC(C)(C)C)CC(=O)OC(C)(C)C)CC(=O)OC(C)(C)C. The first-order valence-electron chi connectivity index (χ1n) is 17.3. The predicted octanol–water partition coefficient (Wildman–Crippen LogP) is 5.31. The highest BCUT2D eigenvalue weighted by Gasteiger charge is 2.29. The topological polar surface area (TPSA) is 141 Å². The Morgan fingerprint density at radius 1 is 0.412 bits per heavy atom. The Morgan fingerprint density at radius 3 is 0.961 bits per heavy atom. The van der Waals surface area contributed by atoms with Crippen molar-refractivity contribution in [2.24, 2.45) is 0 Å². The number of hydrogen-bond donors (Lipinski definition) is 0. The second kappa shape index (κ2) is 18.1. The maximum atomic E-state index is 13.3. The molecule has 0 aromatic heterocycles. The molecule has 0 saturated heterocycles. The number of carbonyl (C=O) groups excluding carboxylic acids is 5. The maximum Gasteiger partial charge on any atom is 0.326 e. The van der Waals surface area contributed by atoms with Crippen LogP contribution < -0.4 is 9.80 Å². The Balaban J connectivity index is 3.68. The zero-order valence-corrected chi connectivity index (χ0v) is 33.7. The van der Waals surface area contributed by atoms with Gasteiger partial charge in [-0.2, -0.15) is 0 Å². The summed E-state index contributed by atoms with van der Waals surface area (Å²) < 4.78 is 27.9. The van der Waals surface area contributed by atoms with Gasteiger partial charge >= 0.3 is 29.8 Å². The van der Waals surface area contributed by atoms with E-state index in [9.17, 15) is 24.0 Å². The Labute approximate surface area is 305 Å². The first kappa shape index (κ1) is 45.2. The van der Waals surface area contributed by atoms with Gasteiger partial charge in [-0.1, -0.05) is 12.1 Å². The molecule has 0 N–H and O–H groups in total. The molecule has 0 bridgehead atoms. The van der Waals surface area contributed by atoms with Crippen LogP contribution in [-0.4, -0.2) is 109 Å². The predicted molar refractivity (Wildman–Crippen MR) is 197 cm³/mol. The van der Waals surface area contributed by atoms with Crippen LogP contribution in [0.2, 0.25) is 0 Å². The van der Waals surface area contributed by atoms with Gasteiger partial charge in [-0.3, -0.25) is 28.9 Å². The van der Waals surface area contributed by atoms with Crippen LogP contribution in [0.15, 0.2) is 24.3 Å². The van der Waals surface area contributed by atoms with Crippen molar-refractivity contribution in [1.29, 1.82) is 0 Å². The molecule has 0 radical (unpaired) electrons. The van der Waals surface area contributed by atoms with Gasteiger partial charge in [0.15, 0.2) is 0 Å². The van der Waals surface area contributed by atoms with Crippen molar-refractivity contribution < 1.29 is 47.7 Å². The lowest BCUT2D eigenvalue weighted by Gasteiger charge is -2.34. The van der Waals surface area contributed by atoms with Gasteiger partial charge in [0.2, 0.25) is 0 Å². The summed E-state index contributed by atoms with van der Waals surface area (Å²) in [6.07, 6.45) is 0. The van der Waals surface area contributed by atoms with Gasteiger partial charge in [0.25, 0.3) is 0 Å². The van der Waals surface area contributed by atoms with Gasteiger partial charge in [-0.25, -0.2) is 0 Å². The van der Waals surface area contributed by atoms with Crippen LogP contribution in [0.3, 0.4) is 0 Å². The lowest BCUT2D eigenvalue weighted by atomic mass is 10.2. The van der Waals surface area contributed by atoms with E-state index >= 15 is 0 Å². The number of rotatable bonds is 15. The Bertz CT molecular complexity index is 1280. The Hall–Kier alpha value is -3.87. The summed E-state index contributed by atoms with van der Waals surface area (Å²) in [7, 11) is 0. The van der Waals surface area contributed by atoms with E-state index in [1.165, 1.54) is 0 Å². The molecule has 0 fully saturated rings. The highest BCUT2D eigenvalue weighted by molar-refractivity contribution is 5.86. The van der Waals surface area contributed by atoms with Crippen molar-refractivity contribution in [2.75, 3.05) is 55.6 Å². The van der Waals surface area contributed by atoms with E-state index in [1.54, 1.807) is 143 Å². The van der Waals surface area contributed by atoms with Crippen molar-refractivity contribution in [2.45, 2.75) is 132 Å². The van der Waals surface area contributed by atoms with Crippen LogP contribution in [0.5, 0.6) is 0 Å². The second-order valence-corrected chi connectivity index (χ2v) is 17.4. The highest BCUT2D eigenvalue weighted by atomic mass is 16.6. The van der Waals surface area contributed by atoms with Crippen LogP contribution in [0.25, 0.3) is 0 Å². The number of ether oxygens (including phenoxy) is 5. The molecular formula is C38H63N3O10. The van der Waals surface area contributed by atoms with Crippen molar-refractivity contribution in [3.05, 3.63) is 24.3 Å². The van der Waals surface area contributed by atoms with Crippen molar-refractivity contribution in [3.63, 3.8) is 0 Å². The van der Waals surface area contributed by atoms with E-state index in [1.807, 2.05) is 0 Å². The van der Waals surface area contributed by atoms with Crippen LogP contribution >= 0.6 is 0 Å². The summed E-state index contributed by atoms with van der Waals surface area (Å²) in [5.41, 5.74) is -2.88. The molecule has 0 amide bonds. The third-order valence-corrected chi connectivity index (χ3v) is 6.01. The van der Waals surface area contributed by atoms with Crippen molar-refractivity contribution in [1.82, 2.24) is 4.90 Å². The molecule has 0 aliphatic heterocycles.